The molecule has 0 radical (unpaired) electrons. The van der Waals surface area contributed by atoms with E-state index in [4.69, 9.17) is 9.47 Å². The van der Waals surface area contributed by atoms with Crippen LogP contribution in [0.5, 0.6) is 11.5 Å². The van der Waals surface area contributed by atoms with E-state index in [1.54, 1.807) is 12.3 Å². The molecule has 1 aliphatic heterocycles. The highest BCUT2D eigenvalue weighted by Gasteiger charge is 2.15. The molecule has 3 aromatic carbocycles. The minimum absolute atomic E-state index is 0.187. The Morgan fingerprint density at radius 2 is 1.91 bits per heavy atom. The molecule has 0 atom stereocenters. The monoisotopic (exact) mass is 528 g/mol. The first-order valence-electron chi connectivity index (χ1n) is 11.3. The highest BCUT2D eigenvalue weighted by atomic mass is 79.9. The van der Waals surface area contributed by atoms with Crippen molar-refractivity contribution in [2.75, 3.05) is 6.79 Å². The standard InChI is InChI=1S/C27H21BrN4O3/c1-2-26-30-22-9-8-19(28)12-21(22)27(33)32(26)29-13-18-15-31(23-6-4-3-5-20(18)23)14-17-7-10-24-25(11-17)35-16-34-24/h3-13,15H,2,14,16H2,1H3. The van der Waals surface area contributed by atoms with Gasteiger partial charge in [-0.3, -0.25) is 4.79 Å². The number of aryl methyl sites for hydroxylation is 1. The smallest absolute Gasteiger partial charge is 0.282 e. The van der Waals surface area contributed by atoms with E-state index in [1.807, 2.05) is 49.4 Å². The van der Waals surface area contributed by atoms with Crippen molar-refractivity contribution in [1.29, 1.82) is 0 Å². The Morgan fingerprint density at radius 3 is 2.80 bits per heavy atom. The number of halogens is 1. The average molecular weight is 529 g/mol. The second kappa shape index (κ2) is 8.70. The number of fused-ring (bicyclic) bond motifs is 3. The lowest BCUT2D eigenvalue weighted by Crippen LogP contribution is -2.22. The van der Waals surface area contributed by atoms with E-state index in [9.17, 15) is 4.79 Å². The zero-order valence-electron chi connectivity index (χ0n) is 18.9. The summed E-state index contributed by atoms with van der Waals surface area (Å²) >= 11 is 3.44. The maximum Gasteiger partial charge on any atom is 0.282 e. The summed E-state index contributed by atoms with van der Waals surface area (Å²) in [7, 11) is 0. The molecular formula is C27H21BrN4O3. The Morgan fingerprint density at radius 1 is 1.06 bits per heavy atom. The van der Waals surface area contributed by atoms with Gasteiger partial charge in [-0.2, -0.15) is 9.78 Å². The van der Waals surface area contributed by atoms with Crippen LogP contribution in [0.1, 0.15) is 23.9 Å². The predicted octanol–water partition coefficient (Wildman–Crippen LogP) is 5.34. The minimum Gasteiger partial charge on any atom is -0.454 e. The van der Waals surface area contributed by atoms with Gasteiger partial charge < -0.3 is 14.0 Å². The van der Waals surface area contributed by atoms with E-state index in [0.29, 0.717) is 29.7 Å². The summed E-state index contributed by atoms with van der Waals surface area (Å²) in [5.74, 6) is 2.15. The summed E-state index contributed by atoms with van der Waals surface area (Å²) < 4.78 is 15.4. The summed E-state index contributed by atoms with van der Waals surface area (Å²) in [6.07, 6.45) is 4.38. The van der Waals surface area contributed by atoms with Crippen LogP contribution in [0, 0.1) is 0 Å². The number of aromatic nitrogens is 3. The van der Waals surface area contributed by atoms with E-state index in [0.717, 1.165) is 38.0 Å². The molecule has 0 N–H and O–H groups in total. The molecule has 0 bridgehead atoms. The fourth-order valence-electron chi connectivity index (χ4n) is 4.41. The minimum atomic E-state index is -0.187. The lowest BCUT2D eigenvalue weighted by atomic mass is 10.2. The SMILES string of the molecule is CCc1nc2ccc(Br)cc2c(=O)n1N=Cc1cn(Cc2ccc3c(c2)OCO3)c2ccccc12. The van der Waals surface area contributed by atoms with Gasteiger partial charge in [0.25, 0.3) is 5.56 Å². The lowest BCUT2D eigenvalue weighted by Gasteiger charge is -2.07. The van der Waals surface area contributed by atoms with Crippen molar-refractivity contribution in [1.82, 2.24) is 14.2 Å². The molecule has 2 aromatic heterocycles. The molecule has 0 spiro atoms. The molecule has 0 unspecified atom stereocenters. The third-order valence-electron chi connectivity index (χ3n) is 6.11. The van der Waals surface area contributed by atoms with Crippen LogP contribution in [0.2, 0.25) is 0 Å². The van der Waals surface area contributed by atoms with Crippen LogP contribution in [0.15, 0.2) is 81.2 Å². The van der Waals surface area contributed by atoms with Gasteiger partial charge in [0.15, 0.2) is 11.5 Å². The molecule has 0 amide bonds. The third-order valence-corrected chi connectivity index (χ3v) is 6.61. The zero-order chi connectivity index (χ0) is 23.9. The second-order valence-electron chi connectivity index (χ2n) is 8.32. The quantitative estimate of drug-likeness (QED) is 0.289. The van der Waals surface area contributed by atoms with E-state index < -0.39 is 0 Å². The van der Waals surface area contributed by atoms with Gasteiger partial charge in [0.1, 0.15) is 5.82 Å². The maximum atomic E-state index is 13.2. The van der Waals surface area contributed by atoms with E-state index in [-0.39, 0.29) is 12.4 Å². The molecule has 0 fully saturated rings. The zero-order valence-corrected chi connectivity index (χ0v) is 20.5. The number of hydrogen-bond acceptors (Lipinski definition) is 5. The summed E-state index contributed by atoms with van der Waals surface area (Å²) in [6, 6.07) is 19.7. The van der Waals surface area contributed by atoms with Gasteiger partial charge in [-0.1, -0.05) is 47.1 Å². The van der Waals surface area contributed by atoms with E-state index >= 15 is 0 Å². The van der Waals surface area contributed by atoms with Gasteiger partial charge in [-0.05, 0) is 42.0 Å². The van der Waals surface area contributed by atoms with E-state index in [1.165, 1.54) is 4.68 Å². The summed E-state index contributed by atoms with van der Waals surface area (Å²) in [5, 5.41) is 6.18. The van der Waals surface area contributed by atoms with Crippen LogP contribution in [0.4, 0.5) is 0 Å². The molecule has 5 aromatic rings. The predicted molar refractivity (Wildman–Crippen MR) is 140 cm³/mol. The van der Waals surface area contributed by atoms with Crippen molar-refractivity contribution in [2.45, 2.75) is 19.9 Å². The van der Waals surface area contributed by atoms with Gasteiger partial charge in [-0.25, -0.2) is 4.98 Å². The van der Waals surface area contributed by atoms with Gasteiger partial charge >= 0.3 is 0 Å². The van der Waals surface area contributed by atoms with Crippen LogP contribution in [-0.4, -0.2) is 27.2 Å². The number of ether oxygens (including phenoxy) is 2. The van der Waals surface area contributed by atoms with Crippen molar-refractivity contribution in [3.05, 3.63) is 98.6 Å². The highest BCUT2D eigenvalue weighted by molar-refractivity contribution is 9.10. The molecule has 0 aliphatic carbocycles. The summed E-state index contributed by atoms with van der Waals surface area (Å²) in [6.45, 7) is 2.89. The van der Waals surface area contributed by atoms with Gasteiger partial charge in [0.05, 0.1) is 17.1 Å². The average Bonchev–Trinajstić information content (AvgIpc) is 3.48. The molecule has 7 nitrogen and oxygen atoms in total. The van der Waals surface area contributed by atoms with Crippen LogP contribution in [-0.2, 0) is 13.0 Å². The fourth-order valence-corrected chi connectivity index (χ4v) is 4.77. The summed E-state index contributed by atoms with van der Waals surface area (Å²) in [4.78, 5) is 17.9. The highest BCUT2D eigenvalue weighted by Crippen LogP contribution is 2.33. The van der Waals surface area contributed by atoms with Crippen molar-refractivity contribution in [3.8, 4) is 11.5 Å². The Balaban J connectivity index is 1.41. The van der Waals surface area contributed by atoms with Crippen LogP contribution >= 0.6 is 15.9 Å². The first kappa shape index (κ1) is 21.6. The normalized spacial score (nSPS) is 12.9. The number of para-hydroxylation sites is 1. The Labute approximate surface area is 209 Å². The molecule has 0 saturated carbocycles. The Bertz CT molecular complexity index is 1690. The Kier molecular flexibility index (Phi) is 5.37. The topological polar surface area (TPSA) is 70.6 Å². The van der Waals surface area contributed by atoms with Crippen LogP contribution in [0.3, 0.4) is 0 Å². The third kappa shape index (κ3) is 3.89. The maximum absolute atomic E-state index is 13.2. The Hall–Kier alpha value is -3.91. The molecule has 8 heteroatoms. The summed E-state index contributed by atoms with van der Waals surface area (Å²) in [5.41, 5.74) is 3.59. The lowest BCUT2D eigenvalue weighted by molar-refractivity contribution is 0.174. The van der Waals surface area contributed by atoms with Gasteiger partial charge in [-0.15, -0.1) is 0 Å². The second-order valence-corrected chi connectivity index (χ2v) is 9.24. The van der Waals surface area contributed by atoms with Crippen LogP contribution in [0.25, 0.3) is 21.8 Å². The van der Waals surface area contributed by atoms with Crippen molar-refractivity contribution in [3.63, 3.8) is 0 Å². The van der Waals surface area contributed by atoms with Gasteiger partial charge in [0, 0.05) is 40.1 Å². The van der Waals surface area contributed by atoms with Crippen molar-refractivity contribution in [2.24, 2.45) is 5.10 Å². The largest absolute Gasteiger partial charge is 0.454 e. The molecular weight excluding hydrogens is 508 g/mol. The number of hydrogen-bond donors (Lipinski definition) is 0. The molecule has 35 heavy (non-hydrogen) atoms. The van der Waals surface area contributed by atoms with Gasteiger partial charge in [0.2, 0.25) is 6.79 Å². The molecule has 1 aliphatic rings. The molecule has 3 heterocycles. The first-order valence-corrected chi connectivity index (χ1v) is 12.1. The molecule has 6 rings (SSSR count). The van der Waals surface area contributed by atoms with Crippen molar-refractivity contribution >= 4 is 44.0 Å². The van der Waals surface area contributed by atoms with Crippen molar-refractivity contribution < 1.29 is 9.47 Å². The molecule has 0 saturated heterocycles. The molecule has 174 valence electrons. The number of nitrogens with zero attached hydrogens (tertiary/aromatic N) is 4. The van der Waals surface area contributed by atoms with Crippen LogP contribution < -0.4 is 15.0 Å². The van der Waals surface area contributed by atoms with E-state index in [2.05, 4.69) is 48.9 Å². The fraction of sp³-hybridized carbons (Fsp3) is 0.148. The number of benzene rings is 3. The first-order chi connectivity index (χ1) is 17.1. The number of rotatable bonds is 5.